The fraction of sp³-hybridized carbons (Fsp3) is 0.682. The van der Waals surface area contributed by atoms with Crippen molar-refractivity contribution in [3.8, 4) is 0 Å². The lowest BCUT2D eigenvalue weighted by molar-refractivity contribution is 0.156. The first-order chi connectivity index (χ1) is 13.1. The summed E-state index contributed by atoms with van der Waals surface area (Å²) in [6.45, 7) is 9.97. The number of likely N-dealkylation sites (tertiary alicyclic amines) is 1. The Balaban J connectivity index is 0.00000280. The molecule has 0 radical (unpaired) electrons. The molecule has 2 fully saturated rings. The zero-order valence-electron chi connectivity index (χ0n) is 17.9. The predicted molar refractivity (Wildman–Crippen MR) is 128 cm³/mol. The van der Waals surface area contributed by atoms with E-state index in [9.17, 15) is 0 Å². The summed E-state index contributed by atoms with van der Waals surface area (Å²) < 4.78 is 5.68. The lowest BCUT2D eigenvalue weighted by Crippen LogP contribution is -2.42. The van der Waals surface area contributed by atoms with Gasteiger partial charge < -0.3 is 19.9 Å². The van der Waals surface area contributed by atoms with Gasteiger partial charge >= 0.3 is 0 Å². The number of hydrogen-bond acceptors (Lipinski definition) is 3. The first-order valence-corrected chi connectivity index (χ1v) is 10.4. The maximum Gasteiger partial charge on any atom is 0.194 e. The molecule has 2 unspecified atom stereocenters. The molecule has 0 saturated carbocycles. The lowest BCUT2D eigenvalue weighted by Gasteiger charge is -2.27. The molecule has 28 heavy (non-hydrogen) atoms. The molecule has 0 amide bonds. The summed E-state index contributed by atoms with van der Waals surface area (Å²) in [7, 11) is 4.28. The third-order valence-electron chi connectivity index (χ3n) is 6.07. The van der Waals surface area contributed by atoms with Crippen LogP contribution in [-0.4, -0.2) is 69.2 Å². The number of rotatable bonds is 6. The highest BCUT2D eigenvalue weighted by molar-refractivity contribution is 14.0. The zero-order valence-corrected chi connectivity index (χ0v) is 20.2. The van der Waals surface area contributed by atoms with E-state index in [1.807, 2.05) is 0 Å². The number of benzene rings is 1. The molecule has 5 nitrogen and oxygen atoms in total. The molecule has 2 heterocycles. The van der Waals surface area contributed by atoms with Gasteiger partial charge in [-0.25, -0.2) is 0 Å². The van der Waals surface area contributed by atoms with Crippen LogP contribution in [-0.2, 0) is 11.2 Å². The topological polar surface area (TPSA) is 40.1 Å². The van der Waals surface area contributed by atoms with Crippen LogP contribution in [0.1, 0.15) is 43.9 Å². The van der Waals surface area contributed by atoms with Crippen LogP contribution in [0.4, 0.5) is 0 Å². The molecular formula is C22H37IN4O. The molecule has 1 spiro atoms. The molecule has 2 atom stereocenters. The van der Waals surface area contributed by atoms with E-state index in [1.165, 1.54) is 24.0 Å². The summed E-state index contributed by atoms with van der Waals surface area (Å²) in [4.78, 5) is 9.74. The second-order valence-electron chi connectivity index (χ2n) is 8.24. The number of aryl methyl sites for hydroxylation is 1. The van der Waals surface area contributed by atoms with Crippen LogP contribution < -0.4 is 5.32 Å². The van der Waals surface area contributed by atoms with Crippen LogP contribution in [0, 0.1) is 5.41 Å². The van der Waals surface area contributed by atoms with Crippen molar-refractivity contribution in [1.29, 1.82) is 0 Å². The van der Waals surface area contributed by atoms with Gasteiger partial charge in [-0.05, 0) is 51.4 Å². The van der Waals surface area contributed by atoms with Crippen molar-refractivity contribution in [3.63, 3.8) is 0 Å². The van der Waals surface area contributed by atoms with Gasteiger partial charge in [-0.2, -0.15) is 0 Å². The SMILES string of the molecule is CCNC(=NCC(c1ccc(CC)cc1)N(C)C)N1CCC2(CCOC2)C1.I. The van der Waals surface area contributed by atoms with Gasteiger partial charge in [0.1, 0.15) is 0 Å². The van der Waals surface area contributed by atoms with Crippen LogP contribution in [0.15, 0.2) is 29.3 Å². The molecule has 158 valence electrons. The van der Waals surface area contributed by atoms with Crippen LogP contribution in [0.5, 0.6) is 0 Å². The summed E-state index contributed by atoms with van der Waals surface area (Å²) in [5.74, 6) is 1.05. The number of ether oxygens (including phenoxy) is 1. The Morgan fingerprint density at radius 3 is 2.57 bits per heavy atom. The van der Waals surface area contributed by atoms with Crippen molar-refractivity contribution in [2.24, 2.45) is 10.4 Å². The summed E-state index contributed by atoms with van der Waals surface area (Å²) >= 11 is 0. The number of halogens is 1. The normalized spacial score (nSPS) is 23.3. The molecule has 0 aromatic heterocycles. The van der Waals surface area contributed by atoms with Crippen LogP contribution in [0.2, 0.25) is 0 Å². The summed E-state index contributed by atoms with van der Waals surface area (Å²) in [5, 5.41) is 3.51. The average molecular weight is 500 g/mol. The molecule has 6 heteroatoms. The molecular weight excluding hydrogens is 463 g/mol. The fourth-order valence-corrected chi connectivity index (χ4v) is 4.23. The van der Waals surface area contributed by atoms with Crippen molar-refractivity contribution < 1.29 is 4.74 Å². The summed E-state index contributed by atoms with van der Waals surface area (Å²) in [6.07, 6.45) is 3.48. The van der Waals surface area contributed by atoms with Crippen LogP contribution in [0.3, 0.4) is 0 Å². The van der Waals surface area contributed by atoms with Crippen molar-refractivity contribution in [1.82, 2.24) is 15.1 Å². The molecule has 1 aromatic rings. The maximum atomic E-state index is 5.68. The standard InChI is InChI=1S/C22H36N4O.HI/c1-5-18-7-9-19(10-8-18)20(25(3)4)15-24-21(23-6-2)26-13-11-22(16-26)12-14-27-17-22;/h7-10,20H,5-6,11-17H2,1-4H3,(H,23,24);1H. The van der Waals surface area contributed by atoms with Crippen LogP contribution in [0.25, 0.3) is 0 Å². The van der Waals surface area contributed by atoms with E-state index in [-0.39, 0.29) is 30.0 Å². The number of hydrogen-bond donors (Lipinski definition) is 1. The molecule has 0 bridgehead atoms. The second kappa shape index (κ2) is 10.8. The number of likely N-dealkylation sites (N-methyl/N-ethyl adjacent to an activating group) is 1. The molecule has 1 aromatic carbocycles. The van der Waals surface area contributed by atoms with Crippen molar-refractivity contribution >= 4 is 29.9 Å². The number of guanidine groups is 1. The lowest BCUT2D eigenvalue weighted by atomic mass is 9.87. The first kappa shape index (κ1) is 23.4. The Labute approximate surface area is 187 Å². The van der Waals surface area contributed by atoms with Gasteiger partial charge in [0.15, 0.2) is 5.96 Å². The van der Waals surface area contributed by atoms with Gasteiger partial charge in [0, 0.05) is 31.7 Å². The van der Waals surface area contributed by atoms with E-state index in [0.717, 1.165) is 51.8 Å². The molecule has 3 rings (SSSR count). The highest BCUT2D eigenvalue weighted by atomic mass is 127. The largest absolute Gasteiger partial charge is 0.381 e. The maximum absolute atomic E-state index is 5.68. The smallest absolute Gasteiger partial charge is 0.194 e. The van der Waals surface area contributed by atoms with Crippen molar-refractivity contribution in [2.45, 2.75) is 39.2 Å². The Morgan fingerprint density at radius 2 is 2.00 bits per heavy atom. The fourth-order valence-electron chi connectivity index (χ4n) is 4.23. The van der Waals surface area contributed by atoms with Gasteiger partial charge in [-0.1, -0.05) is 31.2 Å². The van der Waals surface area contributed by atoms with Gasteiger partial charge in [-0.15, -0.1) is 24.0 Å². The number of aliphatic imine (C=N–C) groups is 1. The second-order valence-corrected chi connectivity index (χ2v) is 8.24. The van der Waals surface area contributed by atoms with E-state index in [4.69, 9.17) is 9.73 Å². The first-order valence-electron chi connectivity index (χ1n) is 10.4. The third-order valence-corrected chi connectivity index (χ3v) is 6.07. The van der Waals surface area contributed by atoms with E-state index >= 15 is 0 Å². The van der Waals surface area contributed by atoms with Gasteiger partial charge in [-0.3, -0.25) is 4.99 Å². The third kappa shape index (κ3) is 5.60. The molecule has 0 aliphatic carbocycles. The molecule has 2 aliphatic rings. The van der Waals surface area contributed by atoms with Crippen molar-refractivity contribution in [2.75, 3.05) is 53.5 Å². The minimum absolute atomic E-state index is 0. The van der Waals surface area contributed by atoms with E-state index in [0.29, 0.717) is 5.41 Å². The van der Waals surface area contributed by atoms with E-state index < -0.39 is 0 Å². The van der Waals surface area contributed by atoms with E-state index in [1.54, 1.807) is 0 Å². The number of nitrogens with zero attached hydrogens (tertiary/aromatic N) is 3. The highest BCUT2D eigenvalue weighted by Crippen LogP contribution is 2.38. The monoisotopic (exact) mass is 500 g/mol. The number of nitrogens with one attached hydrogen (secondary N) is 1. The Hall–Kier alpha value is -0.860. The summed E-state index contributed by atoms with van der Waals surface area (Å²) in [5.41, 5.74) is 3.07. The Morgan fingerprint density at radius 1 is 1.25 bits per heavy atom. The zero-order chi connectivity index (χ0) is 19.3. The highest BCUT2D eigenvalue weighted by Gasteiger charge is 2.42. The summed E-state index contributed by atoms with van der Waals surface area (Å²) in [6, 6.07) is 9.28. The minimum Gasteiger partial charge on any atom is -0.381 e. The molecule has 2 saturated heterocycles. The predicted octanol–water partition coefficient (Wildman–Crippen LogP) is 3.55. The average Bonchev–Trinajstić information content (AvgIpc) is 3.31. The molecule has 1 N–H and O–H groups in total. The van der Waals surface area contributed by atoms with Gasteiger partial charge in [0.25, 0.3) is 0 Å². The van der Waals surface area contributed by atoms with E-state index in [2.05, 4.69) is 67.3 Å². The minimum atomic E-state index is 0. The Kier molecular flexibility index (Phi) is 9.02. The quantitative estimate of drug-likeness (QED) is 0.369. The molecule has 2 aliphatic heterocycles. The van der Waals surface area contributed by atoms with Crippen molar-refractivity contribution in [3.05, 3.63) is 35.4 Å². The van der Waals surface area contributed by atoms with Gasteiger partial charge in [0.2, 0.25) is 0 Å². The Bertz CT molecular complexity index is 626. The van der Waals surface area contributed by atoms with Crippen LogP contribution >= 0.6 is 24.0 Å². The van der Waals surface area contributed by atoms with Gasteiger partial charge in [0.05, 0.1) is 19.2 Å².